The summed E-state index contributed by atoms with van der Waals surface area (Å²) in [4.78, 5) is 0. The summed E-state index contributed by atoms with van der Waals surface area (Å²) in [6.07, 6.45) is 0.253. The number of aliphatic hydroxyl groups excluding tert-OH is 1. The van der Waals surface area contributed by atoms with E-state index in [-0.39, 0.29) is 18.5 Å². The third-order valence-corrected chi connectivity index (χ3v) is 3.08. The minimum absolute atomic E-state index is 0.223. The molecule has 112 valence electrons. The summed E-state index contributed by atoms with van der Waals surface area (Å²) in [5, 5.41) is 9.32. The van der Waals surface area contributed by atoms with Crippen LogP contribution >= 0.6 is 0 Å². The molecule has 0 bridgehead atoms. The molecule has 0 fully saturated rings. The van der Waals surface area contributed by atoms with Crippen molar-refractivity contribution in [3.63, 3.8) is 0 Å². The lowest BCUT2D eigenvalue weighted by Gasteiger charge is -2.09. The summed E-state index contributed by atoms with van der Waals surface area (Å²) in [5.74, 6) is 0.535. The van der Waals surface area contributed by atoms with Crippen LogP contribution < -0.4 is 9.47 Å². The Morgan fingerprint density at radius 1 is 1.10 bits per heavy atom. The monoisotopic (exact) mass is 290 g/mol. The minimum Gasteiger partial charge on any atom is -0.494 e. The summed E-state index contributed by atoms with van der Waals surface area (Å²) in [5.41, 5.74) is 1.79. The Morgan fingerprint density at radius 2 is 1.76 bits per heavy atom. The molecule has 2 aromatic carbocycles. The zero-order valence-corrected chi connectivity index (χ0v) is 12.2. The molecule has 3 nitrogen and oxygen atoms in total. The van der Waals surface area contributed by atoms with E-state index in [1.54, 1.807) is 19.1 Å². The number of hydrogen-bond acceptors (Lipinski definition) is 3. The number of hydrogen-bond donors (Lipinski definition) is 1. The van der Waals surface area contributed by atoms with Crippen LogP contribution in [-0.2, 0) is 13.0 Å². The molecule has 1 unspecified atom stereocenters. The Morgan fingerprint density at radius 3 is 2.33 bits per heavy atom. The zero-order valence-electron chi connectivity index (χ0n) is 12.2. The number of benzene rings is 2. The third-order valence-electron chi connectivity index (χ3n) is 3.08. The van der Waals surface area contributed by atoms with Crippen LogP contribution in [-0.4, -0.2) is 18.3 Å². The Balaban J connectivity index is 1.95. The van der Waals surface area contributed by atoms with Crippen LogP contribution in [0.3, 0.4) is 0 Å². The highest BCUT2D eigenvalue weighted by Gasteiger charge is 2.04. The molecule has 0 saturated heterocycles. The summed E-state index contributed by atoms with van der Waals surface area (Å²) >= 11 is 0. The first-order chi connectivity index (χ1) is 10.1. The topological polar surface area (TPSA) is 38.7 Å². The van der Waals surface area contributed by atoms with E-state index in [1.165, 1.54) is 13.2 Å². The normalized spacial score (nSPS) is 12.0. The molecule has 0 aliphatic heterocycles. The van der Waals surface area contributed by atoms with Crippen molar-refractivity contribution < 1.29 is 19.0 Å². The molecule has 2 aromatic rings. The van der Waals surface area contributed by atoms with Crippen LogP contribution in [0.1, 0.15) is 18.1 Å². The van der Waals surface area contributed by atoms with Crippen LogP contribution in [0.2, 0.25) is 0 Å². The number of rotatable bonds is 6. The third kappa shape index (κ3) is 4.46. The van der Waals surface area contributed by atoms with E-state index >= 15 is 0 Å². The van der Waals surface area contributed by atoms with E-state index in [0.29, 0.717) is 12.2 Å². The standard InChI is InChI=1S/C17H19FO3/c1-12(19)9-13-3-6-15(7-4-13)21-11-14-5-8-17(20-2)16(18)10-14/h3-8,10,12,19H,9,11H2,1-2H3. The van der Waals surface area contributed by atoms with E-state index in [0.717, 1.165) is 11.1 Å². The fourth-order valence-electron chi connectivity index (χ4n) is 2.03. The second-order valence-electron chi connectivity index (χ2n) is 4.95. The molecule has 1 atom stereocenters. The average molecular weight is 290 g/mol. The first-order valence-electron chi connectivity index (χ1n) is 6.80. The molecule has 0 radical (unpaired) electrons. The van der Waals surface area contributed by atoms with Gasteiger partial charge in [-0.05, 0) is 48.7 Å². The van der Waals surface area contributed by atoms with Crippen molar-refractivity contribution in [3.8, 4) is 11.5 Å². The van der Waals surface area contributed by atoms with Crippen molar-refractivity contribution in [2.45, 2.75) is 26.1 Å². The SMILES string of the molecule is COc1ccc(COc2ccc(CC(C)O)cc2)cc1F. The number of methoxy groups -OCH3 is 1. The molecule has 0 heterocycles. The lowest BCUT2D eigenvalue weighted by atomic mass is 10.1. The van der Waals surface area contributed by atoms with Crippen molar-refractivity contribution >= 4 is 0 Å². The summed E-state index contributed by atoms with van der Waals surface area (Å²) in [6, 6.07) is 12.3. The first kappa shape index (κ1) is 15.3. The highest BCUT2D eigenvalue weighted by Crippen LogP contribution is 2.20. The largest absolute Gasteiger partial charge is 0.494 e. The second-order valence-corrected chi connectivity index (χ2v) is 4.95. The average Bonchev–Trinajstić information content (AvgIpc) is 2.46. The van der Waals surface area contributed by atoms with E-state index in [9.17, 15) is 9.50 Å². The molecule has 0 aliphatic rings. The van der Waals surface area contributed by atoms with Gasteiger partial charge in [0, 0.05) is 0 Å². The predicted octanol–water partition coefficient (Wildman–Crippen LogP) is 3.34. The molecule has 1 N–H and O–H groups in total. The van der Waals surface area contributed by atoms with Gasteiger partial charge in [-0.2, -0.15) is 0 Å². The van der Waals surface area contributed by atoms with Gasteiger partial charge in [0.1, 0.15) is 12.4 Å². The van der Waals surface area contributed by atoms with E-state index in [2.05, 4.69) is 0 Å². The van der Waals surface area contributed by atoms with Crippen molar-refractivity contribution in [1.29, 1.82) is 0 Å². The lowest BCUT2D eigenvalue weighted by Crippen LogP contribution is -2.04. The Hall–Kier alpha value is -2.07. The van der Waals surface area contributed by atoms with Crippen LogP contribution in [0, 0.1) is 5.82 Å². The minimum atomic E-state index is -0.397. The Kier molecular flexibility index (Phi) is 5.17. The number of aliphatic hydroxyl groups is 1. The van der Waals surface area contributed by atoms with Gasteiger partial charge in [-0.3, -0.25) is 0 Å². The molecular formula is C17H19FO3. The summed E-state index contributed by atoms with van der Waals surface area (Å²) in [7, 11) is 1.43. The molecule has 0 saturated carbocycles. The Bertz CT molecular complexity index is 579. The molecule has 21 heavy (non-hydrogen) atoms. The molecule has 0 aliphatic carbocycles. The predicted molar refractivity (Wildman–Crippen MR) is 79.1 cm³/mol. The number of ether oxygens (including phenoxy) is 2. The molecule has 4 heteroatoms. The Labute approximate surface area is 124 Å². The summed E-state index contributed by atoms with van der Waals surface area (Å²) in [6.45, 7) is 2.04. The lowest BCUT2D eigenvalue weighted by molar-refractivity contribution is 0.195. The van der Waals surface area contributed by atoms with Crippen LogP contribution in [0.25, 0.3) is 0 Å². The van der Waals surface area contributed by atoms with Crippen LogP contribution in [0.15, 0.2) is 42.5 Å². The highest BCUT2D eigenvalue weighted by molar-refractivity contribution is 5.30. The fraction of sp³-hybridized carbons (Fsp3) is 0.294. The van der Waals surface area contributed by atoms with Crippen LogP contribution in [0.5, 0.6) is 11.5 Å². The van der Waals surface area contributed by atoms with Gasteiger partial charge in [0.2, 0.25) is 0 Å². The molecule has 2 rings (SSSR count). The van der Waals surface area contributed by atoms with Gasteiger partial charge < -0.3 is 14.6 Å². The smallest absolute Gasteiger partial charge is 0.165 e. The van der Waals surface area contributed by atoms with E-state index in [1.807, 2.05) is 24.3 Å². The van der Waals surface area contributed by atoms with Gasteiger partial charge in [-0.1, -0.05) is 18.2 Å². The highest BCUT2D eigenvalue weighted by atomic mass is 19.1. The van der Waals surface area contributed by atoms with Gasteiger partial charge in [-0.15, -0.1) is 0 Å². The van der Waals surface area contributed by atoms with Crippen molar-refractivity contribution in [2.24, 2.45) is 0 Å². The van der Waals surface area contributed by atoms with E-state index in [4.69, 9.17) is 9.47 Å². The molecule has 0 aromatic heterocycles. The molecule has 0 amide bonds. The number of halogens is 1. The fourth-order valence-corrected chi connectivity index (χ4v) is 2.03. The van der Waals surface area contributed by atoms with Gasteiger partial charge in [0.05, 0.1) is 13.2 Å². The molecule has 0 spiro atoms. The maximum absolute atomic E-state index is 13.5. The van der Waals surface area contributed by atoms with Gasteiger partial charge >= 0.3 is 0 Å². The summed E-state index contributed by atoms with van der Waals surface area (Å²) < 4.78 is 24.0. The van der Waals surface area contributed by atoms with Gasteiger partial charge in [0.15, 0.2) is 11.6 Å². The second kappa shape index (κ2) is 7.09. The van der Waals surface area contributed by atoms with Gasteiger partial charge in [0.25, 0.3) is 0 Å². The van der Waals surface area contributed by atoms with Crippen LogP contribution in [0.4, 0.5) is 4.39 Å². The van der Waals surface area contributed by atoms with Crippen molar-refractivity contribution in [1.82, 2.24) is 0 Å². The zero-order chi connectivity index (χ0) is 15.2. The maximum Gasteiger partial charge on any atom is 0.165 e. The maximum atomic E-state index is 13.5. The van der Waals surface area contributed by atoms with Crippen molar-refractivity contribution in [2.75, 3.05) is 7.11 Å². The first-order valence-corrected chi connectivity index (χ1v) is 6.80. The van der Waals surface area contributed by atoms with E-state index < -0.39 is 5.82 Å². The molecular weight excluding hydrogens is 271 g/mol. The quantitative estimate of drug-likeness (QED) is 0.887. The van der Waals surface area contributed by atoms with Gasteiger partial charge in [-0.25, -0.2) is 4.39 Å². The van der Waals surface area contributed by atoms with Crippen molar-refractivity contribution in [3.05, 3.63) is 59.4 Å².